The van der Waals surface area contributed by atoms with Crippen molar-refractivity contribution in [1.82, 2.24) is 0 Å². The zero-order chi connectivity index (χ0) is 6.69. The number of nitrogens with zero attached hydrogens (tertiary/aromatic N) is 3. The Morgan fingerprint density at radius 2 is 2.44 bits per heavy atom. The molecule has 0 amide bonds. The topological polar surface area (TPSA) is 48.8 Å². The Labute approximate surface area is 58.5 Å². The van der Waals surface area contributed by atoms with Crippen molar-refractivity contribution in [2.45, 2.75) is 24.1 Å². The molecule has 0 bridgehead atoms. The molecule has 2 atom stereocenters. The second-order valence-electron chi connectivity index (χ2n) is 2.12. The van der Waals surface area contributed by atoms with Crippen LogP contribution in [0.15, 0.2) is 5.11 Å². The van der Waals surface area contributed by atoms with Crippen molar-refractivity contribution in [2.24, 2.45) is 5.11 Å². The standard InChI is InChI=1S/C5H9N3S/c1-9-5-3-2-4(5)7-8-6/h4-5H,2-3H2,1H3. The second kappa shape index (κ2) is 2.99. The number of rotatable bonds is 2. The predicted molar refractivity (Wildman–Crippen MR) is 39.5 cm³/mol. The van der Waals surface area contributed by atoms with Crippen LogP contribution in [0.1, 0.15) is 12.8 Å². The van der Waals surface area contributed by atoms with Gasteiger partial charge in [0.15, 0.2) is 0 Å². The number of hydrogen-bond donors (Lipinski definition) is 0. The van der Waals surface area contributed by atoms with Gasteiger partial charge < -0.3 is 0 Å². The Hall–Kier alpha value is -0.340. The lowest BCUT2D eigenvalue weighted by Gasteiger charge is -2.31. The van der Waals surface area contributed by atoms with E-state index in [1.165, 1.54) is 6.42 Å². The highest BCUT2D eigenvalue weighted by atomic mass is 32.2. The van der Waals surface area contributed by atoms with E-state index in [-0.39, 0.29) is 6.04 Å². The van der Waals surface area contributed by atoms with Crippen LogP contribution in [0.5, 0.6) is 0 Å². The Balaban J connectivity index is 2.35. The monoisotopic (exact) mass is 143 g/mol. The summed E-state index contributed by atoms with van der Waals surface area (Å²) in [5, 5.41) is 4.24. The summed E-state index contributed by atoms with van der Waals surface area (Å²) in [4.78, 5) is 2.77. The van der Waals surface area contributed by atoms with E-state index in [1.54, 1.807) is 11.8 Å². The summed E-state index contributed by atoms with van der Waals surface area (Å²) >= 11 is 1.79. The summed E-state index contributed by atoms with van der Waals surface area (Å²) in [5.74, 6) is 0. The minimum Gasteiger partial charge on any atom is -0.162 e. The summed E-state index contributed by atoms with van der Waals surface area (Å²) in [6, 6.07) is 0.282. The normalized spacial score (nSPS) is 32.6. The van der Waals surface area contributed by atoms with E-state index in [4.69, 9.17) is 5.53 Å². The molecule has 0 spiro atoms. The molecule has 0 aromatic carbocycles. The molecule has 0 saturated heterocycles. The minimum atomic E-state index is 0.282. The van der Waals surface area contributed by atoms with Crippen molar-refractivity contribution in [2.75, 3.05) is 6.26 Å². The van der Waals surface area contributed by atoms with Gasteiger partial charge in [0.1, 0.15) is 0 Å². The van der Waals surface area contributed by atoms with Gasteiger partial charge in [-0.2, -0.15) is 11.8 Å². The van der Waals surface area contributed by atoms with Crippen LogP contribution in [-0.4, -0.2) is 17.5 Å². The van der Waals surface area contributed by atoms with E-state index in [0.717, 1.165) is 6.42 Å². The second-order valence-corrected chi connectivity index (χ2v) is 3.20. The van der Waals surface area contributed by atoms with Gasteiger partial charge in [-0.15, -0.1) is 0 Å². The molecule has 0 aliphatic heterocycles. The van der Waals surface area contributed by atoms with Gasteiger partial charge in [-0.25, -0.2) is 0 Å². The van der Waals surface area contributed by atoms with Gasteiger partial charge in [-0.1, -0.05) is 5.11 Å². The Morgan fingerprint density at radius 3 is 2.78 bits per heavy atom. The van der Waals surface area contributed by atoms with Crippen LogP contribution in [0.2, 0.25) is 0 Å². The Morgan fingerprint density at radius 1 is 1.67 bits per heavy atom. The van der Waals surface area contributed by atoms with Gasteiger partial charge in [-0.3, -0.25) is 0 Å². The van der Waals surface area contributed by atoms with Crippen molar-refractivity contribution in [3.05, 3.63) is 10.4 Å². The quantitative estimate of drug-likeness (QED) is 0.332. The van der Waals surface area contributed by atoms with Crippen LogP contribution in [0.4, 0.5) is 0 Å². The fraction of sp³-hybridized carbons (Fsp3) is 1.00. The molecule has 0 radical (unpaired) electrons. The maximum atomic E-state index is 8.06. The van der Waals surface area contributed by atoms with E-state index < -0.39 is 0 Å². The summed E-state index contributed by atoms with van der Waals surface area (Å²) in [5.41, 5.74) is 8.06. The van der Waals surface area contributed by atoms with Crippen molar-refractivity contribution in [1.29, 1.82) is 0 Å². The molecule has 9 heavy (non-hydrogen) atoms. The molecule has 0 aromatic heterocycles. The smallest absolute Gasteiger partial charge is 0.0493 e. The lowest BCUT2D eigenvalue weighted by atomic mass is 9.93. The molecular formula is C5H9N3S. The summed E-state index contributed by atoms with van der Waals surface area (Å²) < 4.78 is 0. The maximum Gasteiger partial charge on any atom is 0.0493 e. The third kappa shape index (κ3) is 1.32. The van der Waals surface area contributed by atoms with Gasteiger partial charge in [0.05, 0.1) is 0 Å². The third-order valence-electron chi connectivity index (χ3n) is 1.68. The zero-order valence-corrected chi connectivity index (χ0v) is 6.14. The highest BCUT2D eigenvalue weighted by Gasteiger charge is 2.28. The first-order valence-electron chi connectivity index (χ1n) is 2.95. The van der Waals surface area contributed by atoms with Crippen LogP contribution in [0.25, 0.3) is 10.4 Å². The van der Waals surface area contributed by atoms with Gasteiger partial charge in [0.2, 0.25) is 0 Å². The molecule has 1 aliphatic carbocycles. The van der Waals surface area contributed by atoms with E-state index in [0.29, 0.717) is 5.25 Å². The first-order chi connectivity index (χ1) is 4.38. The van der Waals surface area contributed by atoms with Crippen LogP contribution in [-0.2, 0) is 0 Å². The Kier molecular flexibility index (Phi) is 2.25. The number of azide groups is 1. The van der Waals surface area contributed by atoms with Gasteiger partial charge in [-0.05, 0) is 24.6 Å². The molecule has 1 saturated carbocycles. The van der Waals surface area contributed by atoms with Crippen LogP contribution < -0.4 is 0 Å². The molecule has 0 heterocycles. The lowest BCUT2D eigenvalue weighted by Crippen LogP contribution is -2.31. The minimum absolute atomic E-state index is 0.282. The largest absolute Gasteiger partial charge is 0.162 e. The molecular weight excluding hydrogens is 134 g/mol. The van der Waals surface area contributed by atoms with Crippen molar-refractivity contribution in [3.8, 4) is 0 Å². The molecule has 1 aliphatic rings. The number of thioether (sulfide) groups is 1. The molecule has 2 unspecified atom stereocenters. The zero-order valence-electron chi connectivity index (χ0n) is 5.32. The van der Waals surface area contributed by atoms with Crippen molar-refractivity contribution >= 4 is 11.8 Å². The van der Waals surface area contributed by atoms with E-state index in [9.17, 15) is 0 Å². The molecule has 0 N–H and O–H groups in total. The van der Waals surface area contributed by atoms with Crippen LogP contribution >= 0.6 is 11.8 Å². The molecule has 50 valence electrons. The lowest BCUT2D eigenvalue weighted by molar-refractivity contribution is 0.433. The first-order valence-corrected chi connectivity index (χ1v) is 4.24. The van der Waals surface area contributed by atoms with E-state index >= 15 is 0 Å². The molecule has 1 fully saturated rings. The van der Waals surface area contributed by atoms with Crippen LogP contribution in [0, 0.1) is 0 Å². The summed E-state index contributed by atoms with van der Waals surface area (Å²) in [7, 11) is 0. The number of hydrogen-bond acceptors (Lipinski definition) is 2. The fourth-order valence-corrected chi connectivity index (χ4v) is 1.80. The maximum absolute atomic E-state index is 8.06. The highest BCUT2D eigenvalue weighted by molar-refractivity contribution is 7.99. The fourth-order valence-electron chi connectivity index (χ4n) is 0.925. The molecule has 4 heteroatoms. The average Bonchev–Trinajstić information content (AvgIpc) is 1.82. The molecule has 3 nitrogen and oxygen atoms in total. The van der Waals surface area contributed by atoms with Crippen LogP contribution in [0.3, 0.4) is 0 Å². The average molecular weight is 143 g/mol. The summed E-state index contributed by atoms with van der Waals surface area (Å²) in [6.45, 7) is 0. The predicted octanol–water partition coefficient (Wildman–Crippen LogP) is 2.19. The molecule has 1 rings (SSSR count). The van der Waals surface area contributed by atoms with Gasteiger partial charge in [0.25, 0.3) is 0 Å². The van der Waals surface area contributed by atoms with E-state index in [1.807, 2.05) is 0 Å². The third-order valence-corrected chi connectivity index (χ3v) is 2.83. The van der Waals surface area contributed by atoms with Gasteiger partial charge in [0, 0.05) is 16.2 Å². The summed E-state index contributed by atoms with van der Waals surface area (Å²) in [6.07, 6.45) is 4.35. The highest BCUT2D eigenvalue weighted by Crippen LogP contribution is 2.32. The molecule has 0 aromatic rings. The SMILES string of the molecule is CSC1CCC1N=[N+]=[N-]. The Bertz CT molecular complexity index is 139. The van der Waals surface area contributed by atoms with Crippen molar-refractivity contribution in [3.63, 3.8) is 0 Å². The van der Waals surface area contributed by atoms with E-state index in [2.05, 4.69) is 16.3 Å². The van der Waals surface area contributed by atoms with Gasteiger partial charge >= 0.3 is 0 Å². The van der Waals surface area contributed by atoms with Crippen molar-refractivity contribution < 1.29 is 0 Å². The first kappa shape index (κ1) is 6.78.